The van der Waals surface area contributed by atoms with E-state index in [1.54, 1.807) is 12.1 Å². The first kappa shape index (κ1) is 19.0. The summed E-state index contributed by atoms with van der Waals surface area (Å²) in [6, 6.07) is 11.4. The predicted molar refractivity (Wildman–Crippen MR) is 112 cm³/mol. The number of rotatable bonds is 3. The van der Waals surface area contributed by atoms with E-state index >= 15 is 0 Å². The maximum absolute atomic E-state index is 13.1. The zero-order chi connectivity index (χ0) is 20.7. The molecule has 6 nitrogen and oxygen atoms in total. The van der Waals surface area contributed by atoms with Gasteiger partial charge in [-0.25, -0.2) is 0 Å². The number of aromatic nitrogens is 1. The number of nitrogens with one attached hydrogen (secondary N) is 2. The molecule has 154 valence electrons. The van der Waals surface area contributed by atoms with Crippen molar-refractivity contribution in [3.8, 4) is 0 Å². The van der Waals surface area contributed by atoms with Crippen LogP contribution in [-0.2, 0) is 39.1 Å². The lowest BCUT2D eigenvalue weighted by atomic mass is 9.64. The Kier molecular flexibility index (Phi) is 4.65. The second-order valence-electron chi connectivity index (χ2n) is 8.62. The molecule has 3 aliphatic rings. The summed E-state index contributed by atoms with van der Waals surface area (Å²) in [7, 11) is 0. The number of fused-ring (bicyclic) bond motifs is 3. The minimum absolute atomic E-state index is 0.0370. The SMILES string of the molecule is O=C(CC1C(=O)NC(=O)C12CCCc1cc3c(nc12)CCCC3)Nc1ccccc1. The van der Waals surface area contributed by atoms with Crippen LogP contribution in [0.1, 0.15) is 54.6 Å². The van der Waals surface area contributed by atoms with E-state index in [-0.39, 0.29) is 24.1 Å². The number of amides is 3. The molecule has 2 aromatic rings. The monoisotopic (exact) mass is 403 g/mol. The van der Waals surface area contributed by atoms with E-state index in [9.17, 15) is 14.4 Å². The highest BCUT2D eigenvalue weighted by Gasteiger charge is 2.59. The van der Waals surface area contributed by atoms with Crippen molar-refractivity contribution in [3.63, 3.8) is 0 Å². The fraction of sp³-hybridized carbons (Fsp3) is 0.417. The summed E-state index contributed by atoms with van der Waals surface area (Å²) < 4.78 is 0. The van der Waals surface area contributed by atoms with Gasteiger partial charge in [-0.15, -0.1) is 0 Å². The summed E-state index contributed by atoms with van der Waals surface area (Å²) in [5, 5.41) is 5.37. The van der Waals surface area contributed by atoms with E-state index in [0.717, 1.165) is 49.1 Å². The largest absolute Gasteiger partial charge is 0.326 e. The summed E-state index contributed by atoms with van der Waals surface area (Å²) in [4.78, 5) is 43.7. The van der Waals surface area contributed by atoms with Gasteiger partial charge in [0, 0.05) is 17.8 Å². The van der Waals surface area contributed by atoms with Crippen molar-refractivity contribution in [2.45, 2.75) is 56.8 Å². The standard InChI is InChI=1S/C24H25N3O3/c28-20(25-17-9-2-1-3-10-17)14-18-22(29)27-23(30)24(18)12-6-8-16-13-15-7-4-5-11-19(15)26-21(16)24/h1-3,9-10,13,18H,4-8,11-12,14H2,(H,25,28)(H,27,29,30). The van der Waals surface area contributed by atoms with Crippen LogP contribution < -0.4 is 10.6 Å². The lowest BCUT2D eigenvalue weighted by Gasteiger charge is -2.37. The number of pyridine rings is 1. The molecule has 2 aliphatic carbocycles. The molecule has 1 aromatic carbocycles. The third kappa shape index (κ3) is 3.02. The Morgan fingerprint density at radius 1 is 1.07 bits per heavy atom. The molecule has 30 heavy (non-hydrogen) atoms. The lowest BCUT2D eigenvalue weighted by Crippen LogP contribution is -2.45. The first-order chi connectivity index (χ1) is 14.6. The molecule has 2 atom stereocenters. The van der Waals surface area contributed by atoms with Gasteiger partial charge in [-0.2, -0.15) is 0 Å². The van der Waals surface area contributed by atoms with Crippen LogP contribution in [0.25, 0.3) is 0 Å². The van der Waals surface area contributed by atoms with Crippen LogP contribution in [0.5, 0.6) is 0 Å². The van der Waals surface area contributed by atoms with E-state index in [1.165, 1.54) is 12.0 Å². The number of carbonyl (C=O) groups is 3. The highest BCUT2D eigenvalue weighted by molar-refractivity contribution is 6.12. The van der Waals surface area contributed by atoms with Crippen molar-refractivity contribution in [3.05, 3.63) is 58.9 Å². The smallest absolute Gasteiger partial charge is 0.239 e. The van der Waals surface area contributed by atoms with Crippen molar-refractivity contribution in [1.29, 1.82) is 0 Å². The second kappa shape index (κ2) is 7.35. The van der Waals surface area contributed by atoms with Crippen molar-refractivity contribution in [2.75, 3.05) is 5.32 Å². The molecule has 1 fully saturated rings. The normalized spacial score (nSPS) is 24.9. The number of aryl methyl sites for hydroxylation is 3. The van der Waals surface area contributed by atoms with E-state index < -0.39 is 11.3 Å². The average Bonchev–Trinajstić information content (AvgIpc) is 2.98. The Bertz CT molecular complexity index is 1030. The van der Waals surface area contributed by atoms with Crippen LogP contribution in [0.2, 0.25) is 0 Å². The topological polar surface area (TPSA) is 88.2 Å². The Morgan fingerprint density at radius 2 is 1.83 bits per heavy atom. The fourth-order valence-electron chi connectivity index (χ4n) is 5.37. The van der Waals surface area contributed by atoms with Gasteiger partial charge >= 0.3 is 0 Å². The van der Waals surface area contributed by atoms with Crippen LogP contribution in [0.15, 0.2) is 36.4 Å². The Labute approximate surface area is 175 Å². The summed E-state index contributed by atoms with van der Waals surface area (Å²) in [5.74, 6) is -1.66. The van der Waals surface area contributed by atoms with Crippen molar-refractivity contribution in [2.24, 2.45) is 5.92 Å². The minimum atomic E-state index is -1.04. The molecule has 0 bridgehead atoms. The zero-order valence-electron chi connectivity index (χ0n) is 16.9. The Hall–Kier alpha value is -3.02. The molecule has 2 unspecified atom stereocenters. The molecule has 0 saturated carbocycles. The molecule has 1 spiro atoms. The van der Waals surface area contributed by atoms with E-state index in [0.29, 0.717) is 12.1 Å². The number of nitrogens with zero attached hydrogens (tertiary/aromatic N) is 1. The molecule has 5 rings (SSSR count). The third-order valence-corrected chi connectivity index (χ3v) is 6.82. The van der Waals surface area contributed by atoms with Gasteiger partial charge in [-0.3, -0.25) is 24.7 Å². The number of imide groups is 1. The van der Waals surface area contributed by atoms with Crippen molar-refractivity contribution in [1.82, 2.24) is 10.3 Å². The molecule has 1 saturated heterocycles. The van der Waals surface area contributed by atoms with Gasteiger partial charge in [0.1, 0.15) is 5.41 Å². The van der Waals surface area contributed by atoms with E-state index in [2.05, 4.69) is 16.7 Å². The van der Waals surface area contributed by atoms with Gasteiger partial charge in [-0.05, 0) is 68.2 Å². The predicted octanol–water partition coefficient (Wildman–Crippen LogP) is 2.84. The Morgan fingerprint density at radius 3 is 2.67 bits per heavy atom. The highest BCUT2D eigenvalue weighted by Crippen LogP contribution is 2.47. The highest BCUT2D eigenvalue weighted by atomic mass is 16.2. The van der Waals surface area contributed by atoms with Crippen molar-refractivity contribution < 1.29 is 14.4 Å². The number of anilines is 1. The van der Waals surface area contributed by atoms with E-state index in [4.69, 9.17) is 4.98 Å². The second-order valence-corrected chi connectivity index (χ2v) is 8.62. The fourth-order valence-corrected chi connectivity index (χ4v) is 5.37. The minimum Gasteiger partial charge on any atom is -0.326 e. The van der Waals surface area contributed by atoms with Gasteiger partial charge in [0.2, 0.25) is 17.7 Å². The average molecular weight is 403 g/mol. The molecule has 2 heterocycles. The molecule has 3 amide bonds. The quantitative estimate of drug-likeness (QED) is 0.772. The van der Waals surface area contributed by atoms with Crippen molar-refractivity contribution >= 4 is 23.4 Å². The van der Waals surface area contributed by atoms with Gasteiger partial charge in [0.25, 0.3) is 0 Å². The van der Waals surface area contributed by atoms with Gasteiger partial charge in [0.05, 0.1) is 11.6 Å². The van der Waals surface area contributed by atoms with Crippen LogP contribution in [0, 0.1) is 5.92 Å². The third-order valence-electron chi connectivity index (χ3n) is 6.82. The summed E-state index contributed by atoms with van der Waals surface area (Å²) in [6.07, 6.45) is 6.38. The van der Waals surface area contributed by atoms with Gasteiger partial charge in [0.15, 0.2) is 0 Å². The lowest BCUT2D eigenvalue weighted by molar-refractivity contribution is -0.127. The number of benzene rings is 1. The van der Waals surface area contributed by atoms with Crippen LogP contribution in [-0.4, -0.2) is 22.7 Å². The summed E-state index contributed by atoms with van der Waals surface area (Å²) in [5.41, 5.74) is 3.78. The maximum atomic E-state index is 13.1. The van der Waals surface area contributed by atoms with Crippen LogP contribution >= 0.6 is 0 Å². The molecule has 1 aliphatic heterocycles. The number of hydrogen-bond donors (Lipinski definition) is 2. The molecular weight excluding hydrogens is 378 g/mol. The summed E-state index contributed by atoms with van der Waals surface area (Å²) >= 11 is 0. The van der Waals surface area contributed by atoms with E-state index in [1.807, 2.05) is 18.2 Å². The van der Waals surface area contributed by atoms with Gasteiger partial charge in [-0.1, -0.05) is 24.3 Å². The van der Waals surface area contributed by atoms with Gasteiger partial charge < -0.3 is 5.32 Å². The maximum Gasteiger partial charge on any atom is 0.239 e. The zero-order valence-corrected chi connectivity index (χ0v) is 16.9. The molecule has 6 heteroatoms. The van der Waals surface area contributed by atoms with Crippen LogP contribution in [0.4, 0.5) is 5.69 Å². The first-order valence-corrected chi connectivity index (χ1v) is 10.8. The summed E-state index contributed by atoms with van der Waals surface area (Å²) in [6.45, 7) is 0. The Balaban J connectivity index is 1.51. The molecular formula is C24H25N3O3. The number of para-hydroxylation sites is 1. The van der Waals surface area contributed by atoms with Crippen LogP contribution in [0.3, 0.4) is 0 Å². The molecule has 2 N–H and O–H groups in total. The molecule has 0 radical (unpaired) electrons. The first-order valence-electron chi connectivity index (χ1n) is 10.8. The molecule has 1 aromatic heterocycles. The number of hydrogen-bond acceptors (Lipinski definition) is 4. The number of carbonyl (C=O) groups excluding carboxylic acids is 3.